The maximum absolute atomic E-state index is 4.59. The zero-order chi connectivity index (χ0) is 12.6. The lowest BCUT2D eigenvalue weighted by Crippen LogP contribution is -2.44. The number of rotatable bonds is 1. The van der Waals surface area contributed by atoms with Crippen molar-refractivity contribution in [2.24, 2.45) is 11.0 Å². The Balaban J connectivity index is 1.79. The molecule has 2 aliphatic rings. The van der Waals surface area contributed by atoms with Crippen molar-refractivity contribution in [2.45, 2.75) is 44.4 Å². The molecular weight excluding hydrogens is 240 g/mol. The van der Waals surface area contributed by atoms with Gasteiger partial charge in [0, 0.05) is 5.56 Å². The van der Waals surface area contributed by atoms with Crippen molar-refractivity contribution in [2.75, 3.05) is 0 Å². The summed E-state index contributed by atoms with van der Waals surface area (Å²) in [5.74, 6) is 0.697. The molecule has 0 unspecified atom stereocenters. The van der Waals surface area contributed by atoms with E-state index in [-0.39, 0.29) is 4.87 Å². The second-order valence-corrected chi connectivity index (χ2v) is 6.85. The Kier molecular flexibility index (Phi) is 3.10. The fraction of sp³-hybridized carbons (Fsp3) is 0.533. The summed E-state index contributed by atoms with van der Waals surface area (Å²) >= 11 is 1.94. The molecule has 18 heavy (non-hydrogen) atoms. The van der Waals surface area contributed by atoms with E-state index in [0.29, 0.717) is 5.92 Å². The summed E-state index contributed by atoms with van der Waals surface area (Å²) in [6, 6.07) is 8.67. The minimum Gasteiger partial charge on any atom is -0.292 e. The van der Waals surface area contributed by atoms with E-state index < -0.39 is 0 Å². The quantitative estimate of drug-likeness (QED) is 0.828. The van der Waals surface area contributed by atoms with Crippen molar-refractivity contribution >= 4 is 16.8 Å². The molecule has 1 saturated carbocycles. The van der Waals surface area contributed by atoms with Crippen LogP contribution in [0.5, 0.6) is 0 Å². The maximum Gasteiger partial charge on any atom is 0.126 e. The van der Waals surface area contributed by atoms with Crippen LogP contribution in [-0.2, 0) is 0 Å². The molecule has 0 radical (unpaired) electrons. The monoisotopic (exact) mass is 260 g/mol. The van der Waals surface area contributed by atoms with Gasteiger partial charge in [-0.25, -0.2) is 0 Å². The third-order valence-corrected chi connectivity index (χ3v) is 5.74. The average molecular weight is 260 g/mol. The third-order valence-electron chi connectivity index (χ3n) is 4.16. The minimum atomic E-state index is 0.165. The molecule has 0 saturated heterocycles. The first-order valence-electron chi connectivity index (χ1n) is 6.80. The highest BCUT2D eigenvalue weighted by atomic mass is 32.2. The lowest BCUT2D eigenvalue weighted by Gasteiger charge is -2.38. The summed E-state index contributed by atoms with van der Waals surface area (Å²) in [6.07, 6.45) is 5.24. The molecule has 0 amide bonds. The van der Waals surface area contributed by atoms with Gasteiger partial charge in [-0.2, -0.15) is 5.10 Å². The molecule has 96 valence electrons. The van der Waals surface area contributed by atoms with Gasteiger partial charge < -0.3 is 0 Å². The van der Waals surface area contributed by atoms with Crippen LogP contribution in [0.1, 0.15) is 43.7 Å². The van der Waals surface area contributed by atoms with Crippen LogP contribution in [-0.4, -0.2) is 9.91 Å². The molecule has 1 aliphatic carbocycles. The highest BCUT2D eigenvalue weighted by molar-refractivity contribution is 8.15. The normalized spacial score (nSPS) is 31.2. The molecule has 3 heteroatoms. The Labute approximate surface area is 113 Å². The van der Waals surface area contributed by atoms with Gasteiger partial charge in [0.25, 0.3) is 0 Å². The Morgan fingerprint density at radius 2 is 2.06 bits per heavy atom. The second-order valence-electron chi connectivity index (χ2n) is 5.53. The van der Waals surface area contributed by atoms with Crippen molar-refractivity contribution < 1.29 is 0 Å². The highest BCUT2D eigenvalue weighted by Gasteiger charge is 2.43. The molecule has 1 aliphatic heterocycles. The van der Waals surface area contributed by atoms with E-state index >= 15 is 0 Å². The van der Waals surface area contributed by atoms with Gasteiger partial charge in [0.15, 0.2) is 0 Å². The molecule has 0 aromatic heterocycles. The van der Waals surface area contributed by atoms with Gasteiger partial charge in [0.05, 0.1) is 0 Å². The predicted molar refractivity (Wildman–Crippen MR) is 78.8 cm³/mol. The van der Waals surface area contributed by atoms with Crippen molar-refractivity contribution in [3.63, 3.8) is 0 Å². The second kappa shape index (κ2) is 4.61. The van der Waals surface area contributed by atoms with Crippen LogP contribution in [0.4, 0.5) is 0 Å². The van der Waals surface area contributed by atoms with Crippen LogP contribution < -0.4 is 5.43 Å². The van der Waals surface area contributed by atoms with Crippen molar-refractivity contribution in [1.82, 2.24) is 5.43 Å². The fourth-order valence-electron chi connectivity index (χ4n) is 2.82. The van der Waals surface area contributed by atoms with Gasteiger partial charge in [-0.1, -0.05) is 61.4 Å². The first-order chi connectivity index (χ1) is 8.70. The number of hydrazone groups is 1. The number of hydrogen-bond acceptors (Lipinski definition) is 3. The third kappa shape index (κ3) is 2.05. The topological polar surface area (TPSA) is 24.4 Å². The Morgan fingerprint density at radius 3 is 2.78 bits per heavy atom. The fourth-order valence-corrected chi connectivity index (χ4v) is 4.17. The molecule has 1 N–H and O–H groups in total. The van der Waals surface area contributed by atoms with Gasteiger partial charge in [0.2, 0.25) is 0 Å². The SMILES string of the molecule is Cc1ccc(C2=NN[C@@]3(CCCC[C@H]3C)S2)cc1. The van der Waals surface area contributed by atoms with Gasteiger partial charge in [-0.05, 0) is 25.7 Å². The molecule has 1 aromatic carbocycles. The van der Waals surface area contributed by atoms with Crippen molar-refractivity contribution in [1.29, 1.82) is 0 Å². The molecular formula is C15H20N2S. The standard InChI is InChI=1S/C15H20N2S/c1-11-6-8-13(9-7-11)14-16-17-15(18-14)10-4-3-5-12(15)2/h6-9,12,17H,3-5,10H2,1-2H3/t12-,15+/m1/s1. The minimum absolute atomic E-state index is 0.165. The first kappa shape index (κ1) is 12.1. The molecule has 2 nitrogen and oxygen atoms in total. The van der Waals surface area contributed by atoms with E-state index in [0.717, 1.165) is 5.04 Å². The van der Waals surface area contributed by atoms with E-state index in [1.54, 1.807) is 0 Å². The van der Waals surface area contributed by atoms with Crippen LogP contribution in [0, 0.1) is 12.8 Å². The Morgan fingerprint density at radius 1 is 1.28 bits per heavy atom. The van der Waals surface area contributed by atoms with Crippen LogP contribution in [0.2, 0.25) is 0 Å². The predicted octanol–water partition coefficient (Wildman–Crippen LogP) is 3.90. The number of benzene rings is 1. The number of nitrogens with zero attached hydrogens (tertiary/aromatic N) is 1. The number of thioether (sulfide) groups is 1. The molecule has 1 heterocycles. The number of aryl methyl sites for hydroxylation is 1. The largest absolute Gasteiger partial charge is 0.292 e. The molecule has 3 rings (SSSR count). The van der Waals surface area contributed by atoms with E-state index in [4.69, 9.17) is 0 Å². The number of hydrogen-bond donors (Lipinski definition) is 1. The zero-order valence-electron chi connectivity index (χ0n) is 11.1. The summed E-state index contributed by atoms with van der Waals surface area (Å²) in [5.41, 5.74) is 5.98. The van der Waals surface area contributed by atoms with Gasteiger partial charge in [-0.3, -0.25) is 5.43 Å². The Hall–Kier alpha value is -0.960. The summed E-state index contributed by atoms with van der Waals surface area (Å²) in [6.45, 7) is 4.48. The molecule has 1 spiro atoms. The molecule has 2 atom stereocenters. The van der Waals surface area contributed by atoms with Gasteiger partial charge in [-0.15, -0.1) is 0 Å². The van der Waals surface area contributed by atoms with Crippen LogP contribution in [0.25, 0.3) is 0 Å². The highest BCUT2D eigenvalue weighted by Crippen LogP contribution is 2.46. The summed E-state index contributed by atoms with van der Waals surface area (Å²) < 4.78 is 0. The van der Waals surface area contributed by atoms with Crippen LogP contribution >= 0.6 is 11.8 Å². The van der Waals surface area contributed by atoms with Crippen molar-refractivity contribution in [3.8, 4) is 0 Å². The van der Waals surface area contributed by atoms with Crippen molar-refractivity contribution in [3.05, 3.63) is 35.4 Å². The van der Waals surface area contributed by atoms with Gasteiger partial charge in [0.1, 0.15) is 9.91 Å². The molecule has 1 aromatic rings. The molecule has 1 fully saturated rings. The average Bonchev–Trinajstić information content (AvgIpc) is 2.80. The summed E-state index contributed by atoms with van der Waals surface area (Å²) in [7, 11) is 0. The maximum atomic E-state index is 4.59. The van der Waals surface area contributed by atoms with E-state index in [1.165, 1.54) is 36.8 Å². The van der Waals surface area contributed by atoms with E-state index in [2.05, 4.69) is 48.6 Å². The summed E-state index contributed by atoms with van der Waals surface area (Å²) in [5, 5.41) is 5.75. The van der Waals surface area contributed by atoms with E-state index in [9.17, 15) is 0 Å². The van der Waals surface area contributed by atoms with E-state index in [1.807, 2.05) is 11.8 Å². The van der Waals surface area contributed by atoms with Crippen LogP contribution in [0.15, 0.2) is 29.4 Å². The lowest BCUT2D eigenvalue weighted by atomic mass is 9.85. The molecule has 0 bridgehead atoms. The Bertz CT molecular complexity index is 466. The zero-order valence-corrected chi connectivity index (χ0v) is 11.9. The van der Waals surface area contributed by atoms with Gasteiger partial charge >= 0.3 is 0 Å². The van der Waals surface area contributed by atoms with Crippen LogP contribution in [0.3, 0.4) is 0 Å². The lowest BCUT2D eigenvalue weighted by molar-refractivity contribution is 0.257. The number of nitrogens with one attached hydrogen (secondary N) is 1. The smallest absolute Gasteiger partial charge is 0.126 e. The first-order valence-corrected chi connectivity index (χ1v) is 7.62. The summed E-state index contributed by atoms with van der Waals surface area (Å²) in [4.78, 5) is 0.165.